The Kier molecular flexibility index (Phi) is 4.69. The number of aryl methyl sites for hydroxylation is 1. The van der Waals surface area contributed by atoms with E-state index in [1.807, 2.05) is 0 Å². The molecule has 0 amide bonds. The molecular formula is C11H11ClF2O3. The second-order valence-electron chi connectivity index (χ2n) is 3.48. The van der Waals surface area contributed by atoms with E-state index in [4.69, 9.17) is 16.7 Å². The highest BCUT2D eigenvalue weighted by molar-refractivity contribution is 6.17. The molecule has 17 heavy (non-hydrogen) atoms. The van der Waals surface area contributed by atoms with E-state index < -0.39 is 12.6 Å². The molecule has 0 aliphatic heterocycles. The van der Waals surface area contributed by atoms with Crippen molar-refractivity contribution in [2.24, 2.45) is 0 Å². The van der Waals surface area contributed by atoms with Crippen LogP contribution in [0.5, 0.6) is 5.75 Å². The van der Waals surface area contributed by atoms with Gasteiger partial charge in [-0.1, -0.05) is 12.1 Å². The minimum absolute atomic E-state index is 0.0868. The molecule has 0 atom stereocenters. The van der Waals surface area contributed by atoms with E-state index in [0.29, 0.717) is 11.1 Å². The van der Waals surface area contributed by atoms with Crippen molar-refractivity contribution in [3.8, 4) is 5.75 Å². The predicted molar refractivity (Wildman–Crippen MR) is 58.7 cm³/mol. The summed E-state index contributed by atoms with van der Waals surface area (Å²) in [4.78, 5) is 10.6. The van der Waals surface area contributed by atoms with Gasteiger partial charge >= 0.3 is 12.6 Å². The van der Waals surface area contributed by atoms with Crippen molar-refractivity contribution in [2.45, 2.75) is 25.8 Å². The fraction of sp³-hybridized carbons (Fsp3) is 0.364. The second kappa shape index (κ2) is 5.82. The standard InChI is InChI=1S/C11H11ClF2O3/c1-6-2-7(5-12)3-8(4-9(15)16)10(6)17-11(13)14/h2-3,11H,4-5H2,1H3,(H,15,16). The molecule has 1 N–H and O–H groups in total. The van der Waals surface area contributed by atoms with Crippen LogP contribution in [0.1, 0.15) is 16.7 Å². The van der Waals surface area contributed by atoms with E-state index in [-0.39, 0.29) is 23.6 Å². The summed E-state index contributed by atoms with van der Waals surface area (Å²) in [5.74, 6) is -1.02. The summed E-state index contributed by atoms with van der Waals surface area (Å²) in [7, 11) is 0. The Morgan fingerprint density at radius 1 is 1.53 bits per heavy atom. The smallest absolute Gasteiger partial charge is 0.387 e. The molecule has 0 unspecified atom stereocenters. The minimum atomic E-state index is -2.98. The number of benzene rings is 1. The van der Waals surface area contributed by atoms with E-state index in [0.717, 1.165) is 0 Å². The SMILES string of the molecule is Cc1cc(CCl)cc(CC(=O)O)c1OC(F)F. The monoisotopic (exact) mass is 264 g/mol. The van der Waals surface area contributed by atoms with Gasteiger partial charge in [0.05, 0.1) is 6.42 Å². The van der Waals surface area contributed by atoms with Crippen molar-refractivity contribution in [3.63, 3.8) is 0 Å². The largest absolute Gasteiger partial charge is 0.481 e. The highest BCUT2D eigenvalue weighted by Gasteiger charge is 2.16. The van der Waals surface area contributed by atoms with Gasteiger partial charge in [-0.2, -0.15) is 8.78 Å². The average Bonchev–Trinajstić information content (AvgIpc) is 2.21. The first-order valence-electron chi connectivity index (χ1n) is 4.79. The van der Waals surface area contributed by atoms with Crippen molar-refractivity contribution in [1.29, 1.82) is 0 Å². The third kappa shape index (κ3) is 3.85. The van der Waals surface area contributed by atoms with Gasteiger partial charge in [-0.05, 0) is 18.1 Å². The number of hydrogen-bond acceptors (Lipinski definition) is 2. The molecule has 1 rings (SSSR count). The lowest BCUT2D eigenvalue weighted by atomic mass is 10.0. The Hall–Kier alpha value is -1.36. The van der Waals surface area contributed by atoms with E-state index in [9.17, 15) is 13.6 Å². The first-order chi connectivity index (χ1) is 7.93. The first-order valence-corrected chi connectivity index (χ1v) is 5.32. The number of ether oxygens (including phenoxy) is 1. The first kappa shape index (κ1) is 13.7. The molecule has 0 aliphatic carbocycles. The molecule has 3 nitrogen and oxygen atoms in total. The summed E-state index contributed by atoms with van der Waals surface area (Å²) in [6, 6.07) is 3.06. The van der Waals surface area contributed by atoms with Crippen LogP contribution in [0.25, 0.3) is 0 Å². The normalized spacial score (nSPS) is 10.6. The molecular weight excluding hydrogens is 254 g/mol. The molecule has 0 aromatic heterocycles. The van der Waals surface area contributed by atoms with Gasteiger partial charge in [0.2, 0.25) is 0 Å². The van der Waals surface area contributed by atoms with Crippen LogP contribution in [0.15, 0.2) is 12.1 Å². The van der Waals surface area contributed by atoms with Crippen molar-refractivity contribution in [3.05, 3.63) is 28.8 Å². The Morgan fingerprint density at radius 2 is 2.18 bits per heavy atom. The van der Waals surface area contributed by atoms with E-state index >= 15 is 0 Å². The second-order valence-corrected chi connectivity index (χ2v) is 3.75. The summed E-state index contributed by atoms with van der Waals surface area (Å²) < 4.78 is 28.7. The van der Waals surface area contributed by atoms with Crippen molar-refractivity contribution >= 4 is 17.6 Å². The van der Waals surface area contributed by atoms with Gasteiger partial charge in [-0.3, -0.25) is 4.79 Å². The summed E-state index contributed by atoms with van der Waals surface area (Å²) in [6.07, 6.45) is -0.381. The number of aliphatic carboxylic acids is 1. The lowest BCUT2D eigenvalue weighted by Gasteiger charge is -2.13. The molecule has 94 valence electrons. The minimum Gasteiger partial charge on any atom is -0.481 e. The number of hydrogen-bond donors (Lipinski definition) is 1. The number of rotatable bonds is 5. The van der Waals surface area contributed by atoms with Gasteiger partial charge < -0.3 is 9.84 Å². The van der Waals surface area contributed by atoms with Gasteiger partial charge in [0, 0.05) is 11.4 Å². The summed E-state index contributed by atoms with van der Waals surface area (Å²) in [6.45, 7) is -1.41. The zero-order valence-corrected chi connectivity index (χ0v) is 9.80. The fourth-order valence-electron chi connectivity index (χ4n) is 1.56. The zero-order valence-electron chi connectivity index (χ0n) is 9.04. The van der Waals surface area contributed by atoms with Crippen LogP contribution < -0.4 is 4.74 Å². The van der Waals surface area contributed by atoms with Gasteiger partial charge in [0.1, 0.15) is 5.75 Å². The maximum Gasteiger partial charge on any atom is 0.387 e. The Morgan fingerprint density at radius 3 is 2.65 bits per heavy atom. The molecule has 1 aromatic rings. The molecule has 0 aliphatic rings. The molecule has 0 saturated carbocycles. The molecule has 6 heteroatoms. The maximum atomic E-state index is 12.2. The lowest BCUT2D eigenvalue weighted by Crippen LogP contribution is -2.09. The highest BCUT2D eigenvalue weighted by atomic mass is 35.5. The predicted octanol–water partition coefficient (Wildman–Crippen LogP) is 2.96. The number of carbonyl (C=O) groups is 1. The zero-order chi connectivity index (χ0) is 13.0. The summed E-state index contributed by atoms with van der Waals surface area (Å²) in [5, 5.41) is 8.70. The van der Waals surface area contributed by atoms with Crippen molar-refractivity contribution in [1.82, 2.24) is 0 Å². The molecule has 1 aromatic carbocycles. The number of halogens is 3. The third-order valence-corrected chi connectivity index (χ3v) is 2.42. The van der Waals surface area contributed by atoms with Gasteiger partial charge in [-0.25, -0.2) is 0 Å². The lowest BCUT2D eigenvalue weighted by molar-refractivity contribution is -0.136. The molecule has 0 radical (unpaired) electrons. The summed E-state index contributed by atoms with van der Waals surface area (Å²) in [5.41, 5.74) is 1.31. The van der Waals surface area contributed by atoms with Crippen molar-refractivity contribution in [2.75, 3.05) is 0 Å². The Balaban J connectivity index is 3.18. The van der Waals surface area contributed by atoms with Crippen LogP contribution in [-0.4, -0.2) is 17.7 Å². The van der Waals surface area contributed by atoms with E-state index in [1.54, 1.807) is 13.0 Å². The molecule has 0 saturated heterocycles. The summed E-state index contributed by atoms with van der Waals surface area (Å²) >= 11 is 5.63. The van der Waals surface area contributed by atoms with Crippen LogP contribution in [0.2, 0.25) is 0 Å². The topological polar surface area (TPSA) is 46.5 Å². The van der Waals surface area contributed by atoms with Crippen LogP contribution in [-0.2, 0) is 17.1 Å². The van der Waals surface area contributed by atoms with Crippen LogP contribution in [0, 0.1) is 6.92 Å². The van der Waals surface area contributed by atoms with Crippen LogP contribution in [0.4, 0.5) is 8.78 Å². The molecule has 0 bridgehead atoms. The quantitative estimate of drug-likeness (QED) is 0.832. The Bertz CT molecular complexity index is 421. The molecule has 0 fully saturated rings. The average molecular weight is 265 g/mol. The number of alkyl halides is 3. The highest BCUT2D eigenvalue weighted by Crippen LogP contribution is 2.28. The third-order valence-electron chi connectivity index (χ3n) is 2.11. The van der Waals surface area contributed by atoms with E-state index in [1.165, 1.54) is 6.07 Å². The van der Waals surface area contributed by atoms with Crippen molar-refractivity contribution < 1.29 is 23.4 Å². The van der Waals surface area contributed by atoms with Gasteiger partial charge in [0.25, 0.3) is 0 Å². The van der Waals surface area contributed by atoms with Gasteiger partial charge in [-0.15, -0.1) is 11.6 Å². The maximum absolute atomic E-state index is 12.2. The van der Waals surface area contributed by atoms with Gasteiger partial charge in [0.15, 0.2) is 0 Å². The molecule has 0 heterocycles. The number of carboxylic acid groups (broad SMARTS) is 1. The van der Waals surface area contributed by atoms with E-state index in [2.05, 4.69) is 4.74 Å². The Labute approximate surface area is 102 Å². The number of carboxylic acids is 1. The van der Waals surface area contributed by atoms with Crippen LogP contribution in [0.3, 0.4) is 0 Å². The fourth-order valence-corrected chi connectivity index (χ4v) is 1.71. The molecule has 0 spiro atoms. The van der Waals surface area contributed by atoms with Crippen LogP contribution >= 0.6 is 11.6 Å².